The molecule has 4 heteroatoms. The third kappa shape index (κ3) is 3.42. The van der Waals surface area contributed by atoms with Crippen LogP contribution in [0.25, 0.3) is 0 Å². The lowest BCUT2D eigenvalue weighted by Gasteiger charge is -2.36. The molecule has 2 N–H and O–H groups in total. The number of rotatable bonds is 4. The molecule has 2 fully saturated rings. The smallest absolute Gasteiger partial charge is 0.234 e. The van der Waals surface area contributed by atoms with Crippen LogP contribution in [-0.4, -0.2) is 49.6 Å². The van der Waals surface area contributed by atoms with Crippen molar-refractivity contribution in [3.05, 3.63) is 0 Å². The zero-order valence-electron chi connectivity index (χ0n) is 11.0. The van der Waals surface area contributed by atoms with Crippen LogP contribution in [0.3, 0.4) is 0 Å². The third-order valence-electron chi connectivity index (χ3n) is 4.23. The molecular weight excluding hydrogens is 214 g/mol. The maximum absolute atomic E-state index is 11.9. The van der Waals surface area contributed by atoms with Gasteiger partial charge in [-0.05, 0) is 25.8 Å². The van der Waals surface area contributed by atoms with Crippen molar-refractivity contribution >= 4 is 5.91 Å². The standard InChI is InChI=1S/C13H25N3O/c1-10-5-3-4-6-12(10)15-13(17)9-16(2)11-7-14-8-11/h10-12,14H,3-9H2,1-2H3,(H,15,17). The van der Waals surface area contributed by atoms with E-state index in [1.165, 1.54) is 19.3 Å². The van der Waals surface area contributed by atoms with Crippen LogP contribution < -0.4 is 10.6 Å². The summed E-state index contributed by atoms with van der Waals surface area (Å²) < 4.78 is 0. The van der Waals surface area contributed by atoms with E-state index < -0.39 is 0 Å². The first kappa shape index (κ1) is 12.8. The van der Waals surface area contributed by atoms with Gasteiger partial charge in [0.1, 0.15) is 0 Å². The SMILES string of the molecule is CC1CCCCC1NC(=O)CN(C)C1CNC1. The highest BCUT2D eigenvalue weighted by molar-refractivity contribution is 5.78. The molecule has 1 heterocycles. The second kappa shape index (κ2) is 5.83. The number of amides is 1. The van der Waals surface area contributed by atoms with Crippen LogP contribution in [0.1, 0.15) is 32.6 Å². The van der Waals surface area contributed by atoms with Crippen molar-refractivity contribution in [3.63, 3.8) is 0 Å². The fourth-order valence-electron chi connectivity index (χ4n) is 2.72. The molecule has 2 unspecified atom stereocenters. The van der Waals surface area contributed by atoms with Crippen LogP contribution in [0.15, 0.2) is 0 Å². The normalized spacial score (nSPS) is 30.1. The summed E-state index contributed by atoms with van der Waals surface area (Å²) >= 11 is 0. The molecule has 2 atom stereocenters. The van der Waals surface area contributed by atoms with Gasteiger partial charge in [-0.25, -0.2) is 0 Å². The number of hydrogen-bond acceptors (Lipinski definition) is 3. The molecule has 2 aliphatic rings. The van der Waals surface area contributed by atoms with Crippen molar-refractivity contribution in [2.24, 2.45) is 5.92 Å². The topological polar surface area (TPSA) is 44.4 Å². The van der Waals surface area contributed by atoms with Crippen molar-refractivity contribution in [3.8, 4) is 0 Å². The highest BCUT2D eigenvalue weighted by Crippen LogP contribution is 2.23. The van der Waals surface area contributed by atoms with E-state index in [0.29, 0.717) is 24.5 Å². The first-order chi connectivity index (χ1) is 8.16. The molecule has 1 amide bonds. The van der Waals surface area contributed by atoms with E-state index in [1.54, 1.807) is 0 Å². The molecule has 0 spiro atoms. The minimum atomic E-state index is 0.193. The van der Waals surface area contributed by atoms with Gasteiger partial charge in [0.25, 0.3) is 0 Å². The molecule has 2 rings (SSSR count). The summed E-state index contributed by atoms with van der Waals surface area (Å²) in [5, 5.41) is 6.43. The van der Waals surface area contributed by atoms with Crippen LogP contribution >= 0.6 is 0 Å². The Morgan fingerprint density at radius 2 is 2.06 bits per heavy atom. The van der Waals surface area contributed by atoms with Crippen molar-refractivity contribution in [1.29, 1.82) is 0 Å². The average Bonchev–Trinajstić information content (AvgIpc) is 2.18. The molecule has 1 aliphatic heterocycles. The van der Waals surface area contributed by atoms with Gasteiger partial charge < -0.3 is 10.6 Å². The van der Waals surface area contributed by atoms with E-state index in [2.05, 4.69) is 22.5 Å². The van der Waals surface area contributed by atoms with E-state index in [4.69, 9.17) is 0 Å². The number of hydrogen-bond donors (Lipinski definition) is 2. The zero-order valence-corrected chi connectivity index (χ0v) is 11.0. The maximum atomic E-state index is 11.9. The third-order valence-corrected chi connectivity index (χ3v) is 4.23. The van der Waals surface area contributed by atoms with Crippen LogP contribution in [0, 0.1) is 5.92 Å². The van der Waals surface area contributed by atoms with Crippen molar-refractivity contribution in [2.45, 2.75) is 44.7 Å². The van der Waals surface area contributed by atoms with E-state index in [9.17, 15) is 4.79 Å². The van der Waals surface area contributed by atoms with Gasteiger partial charge in [-0.1, -0.05) is 19.8 Å². The summed E-state index contributed by atoms with van der Waals surface area (Å²) in [5.41, 5.74) is 0. The maximum Gasteiger partial charge on any atom is 0.234 e. The zero-order chi connectivity index (χ0) is 12.3. The fraction of sp³-hybridized carbons (Fsp3) is 0.923. The van der Waals surface area contributed by atoms with Gasteiger partial charge in [0.2, 0.25) is 5.91 Å². The molecule has 17 heavy (non-hydrogen) atoms. The Hall–Kier alpha value is -0.610. The lowest BCUT2D eigenvalue weighted by atomic mass is 9.86. The van der Waals surface area contributed by atoms with Crippen molar-refractivity contribution < 1.29 is 4.79 Å². The van der Waals surface area contributed by atoms with Crippen LogP contribution in [-0.2, 0) is 4.79 Å². The van der Waals surface area contributed by atoms with Gasteiger partial charge in [0.15, 0.2) is 0 Å². The quantitative estimate of drug-likeness (QED) is 0.754. The Bertz CT molecular complexity index is 265. The summed E-state index contributed by atoms with van der Waals surface area (Å²) in [6.45, 7) is 4.83. The van der Waals surface area contributed by atoms with Gasteiger partial charge in [0.05, 0.1) is 6.54 Å². The lowest BCUT2D eigenvalue weighted by Crippen LogP contribution is -2.58. The molecule has 0 aromatic heterocycles. The minimum Gasteiger partial charge on any atom is -0.352 e. The van der Waals surface area contributed by atoms with Gasteiger partial charge in [-0.3, -0.25) is 9.69 Å². The van der Waals surface area contributed by atoms with Gasteiger partial charge in [0, 0.05) is 25.2 Å². The monoisotopic (exact) mass is 239 g/mol. The first-order valence-corrected chi connectivity index (χ1v) is 6.87. The number of carbonyl (C=O) groups is 1. The lowest BCUT2D eigenvalue weighted by molar-refractivity contribution is -0.123. The first-order valence-electron chi connectivity index (χ1n) is 6.87. The van der Waals surface area contributed by atoms with Crippen molar-refractivity contribution in [2.75, 3.05) is 26.7 Å². The Labute approximate surface area is 104 Å². The van der Waals surface area contributed by atoms with Gasteiger partial charge in [-0.15, -0.1) is 0 Å². The molecule has 1 saturated carbocycles. The molecule has 4 nitrogen and oxygen atoms in total. The largest absolute Gasteiger partial charge is 0.352 e. The molecular formula is C13H25N3O. The molecule has 1 saturated heterocycles. The Balaban J connectivity index is 1.72. The van der Waals surface area contributed by atoms with E-state index in [-0.39, 0.29) is 5.91 Å². The van der Waals surface area contributed by atoms with Gasteiger partial charge in [-0.2, -0.15) is 0 Å². The molecule has 0 radical (unpaired) electrons. The van der Waals surface area contributed by atoms with E-state index in [0.717, 1.165) is 19.5 Å². The average molecular weight is 239 g/mol. The summed E-state index contributed by atoms with van der Waals surface area (Å²) in [7, 11) is 2.04. The van der Waals surface area contributed by atoms with Crippen LogP contribution in [0.5, 0.6) is 0 Å². The number of nitrogens with zero attached hydrogens (tertiary/aromatic N) is 1. The van der Waals surface area contributed by atoms with Crippen LogP contribution in [0.2, 0.25) is 0 Å². The number of carbonyl (C=O) groups excluding carboxylic acids is 1. The van der Waals surface area contributed by atoms with Gasteiger partial charge >= 0.3 is 0 Å². The fourth-order valence-corrected chi connectivity index (χ4v) is 2.72. The molecule has 98 valence electrons. The van der Waals surface area contributed by atoms with Crippen LogP contribution in [0.4, 0.5) is 0 Å². The minimum absolute atomic E-state index is 0.193. The highest BCUT2D eigenvalue weighted by atomic mass is 16.2. The van der Waals surface area contributed by atoms with Crippen molar-refractivity contribution in [1.82, 2.24) is 15.5 Å². The molecule has 0 aromatic carbocycles. The molecule has 1 aliphatic carbocycles. The predicted molar refractivity (Wildman–Crippen MR) is 68.9 cm³/mol. The number of likely N-dealkylation sites (N-methyl/N-ethyl adjacent to an activating group) is 1. The predicted octanol–water partition coefficient (Wildman–Crippen LogP) is 0.585. The van der Waals surface area contributed by atoms with E-state index in [1.807, 2.05) is 7.05 Å². The number of nitrogens with one attached hydrogen (secondary N) is 2. The second-order valence-electron chi connectivity index (χ2n) is 5.66. The molecule has 0 bridgehead atoms. The Morgan fingerprint density at radius 1 is 1.35 bits per heavy atom. The molecule has 0 aromatic rings. The second-order valence-corrected chi connectivity index (χ2v) is 5.66. The summed E-state index contributed by atoms with van der Waals surface area (Å²) in [5.74, 6) is 0.835. The summed E-state index contributed by atoms with van der Waals surface area (Å²) in [4.78, 5) is 14.1. The summed E-state index contributed by atoms with van der Waals surface area (Å²) in [6, 6.07) is 0.952. The highest BCUT2D eigenvalue weighted by Gasteiger charge is 2.26. The summed E-state index contributed by atoms with van der Waals surface area (Å²) in [6.07, 6.45) is 4.99. The Morgan fingerprint density at radius 3 is 2.65 bits per heavy atom. The van der Waals surface area contributed by atoms with E-state index >= 15 is 0 Å². The Kier molecular flexibility index (Phi) is 4.40.